The number of thioether (sulfide) groups is 1. The van der Waals surface area contributed by atoms with Crippen LogP contribution in [0.1, 0.15) is 20.3 Å². The highest BCUT2D eigenvalue weighted by molar-refractivity contribution is 8.00. The standard InChI is InChI=1S/C15H22N2O5S3/c1-4-11(2)16-15(18)12-9-23-10-17(12)25(21,22)14-8-6-5-7-13(14)24(3,19)20/h5-8,11-12H,4,9-10H2,1-3H3,(H,16,18). The Kier molecular flexibility index (Phi) is 6.18. The maximum absolute atomic E-state index is 13.0. The van der Waals surface area contributed by atoms with Crippen LogP contribution in [0.5, 0.6) is 0 Å². The van der Waals surface area contributed by atoms with E-state index in [1.54, 1.807) is 0 Å². The minimum absolute atomic E-state index is 0.0639. The number of carbonyl (C=O) groups is 1. The molecule has 1 aliphatic heterocycles. The molecule has 2 rings (SSSR count). The fourth-order valence-corrected chi connectivity index (χ4v) is 7.16. The van der Waals surface area contributed by atoms with Crippen molar-refractivity contribution < 1.29 is 21.6 Å². The number of hydrogen-bond donors (Lipinski definition) is 1. The first kappa shape index (κ1) is 20.2. The Hall–Kier alpha value is -1.10. The number of sulfonamides is 1. The second-order valence-electron chi connectivity index (χ2n) is 5.94. The molecule has 1 heterocycles. The van der Waals surface area contributed by atoms with Gasteiger partial charge in [-0.1, -0.05) is 19.1 Å². The molecule has 140 valence electrons. The third kappa shape index (κ3) is 4.36. The molecular weight excluding hydrogens is 384 g/mol. The van der Waals surface area contributed by atoms with Crippen molar-refractivity contribution in [3.05, 3.63) is 24.3 Å². The molecule has 0 aromatic heterocycles. The molecule has 10 heteroatoms. The summed E-state index contributed by atoms with van der Waals surface area (Å²) in [5.41, 5.74) is 0. The Labute approximate surface area is 153 Å². The Balaban J connectivity index is 2.41. The molecule has 1 aliphatic rings. The second-order valence-corrected chi connectivity index (χ2v) is 10.8. The Morgan fingerprint density at radius 3 is 2.44 bits per heavy atom. The molecule has 1 amide bonds. The smallest absolute Gasteiger partial charge is 0.245 e. The van der Waals surface area contributed by atoms with Crippen molar-refractivity contribution in [3.8, 4) is 0 Å². The van der Waals surface area contributed by atoms with E-state index in [-0.39, 0.29) is 27.6 Å². The predicted octanol–water partition coefficient (Wildman–Crippen LogP) is 1.07. The van der Waals surface area contributed by atoms with E-state index in [1.807, 2.05) is 13.8 Å². The van der Waals surface area contributed by atoms with Crippen molar-refractivity contribution >= 4 is 37.5 Å². The maximum atomic E-state index is 13.0. The summed E-state index contributed by atoms with van der Waals surface area (Å²) in [4.78, 5) is 11.9. The fraction of sp³-hybridized carbons (Fsp3) is 0.533. The number of carbonyl (C=O) groups excluding carboxylic acids is 1. The molecule has 0 bridgehead atoms. The summed E-state index contributed by atoms with van der Waals surface area (Å²) in [7, 11) is -7.84. The average molecular weight is 407 g/mol. The Morgan fingerprint density at radius 2 is 1.88 bits per heavy atom. The zero-order chi connectivity index (χ0) is 18.8. The van der Waals surface area contributed by atoms with Gasteiger partial charge in [0.2, 0.25) is 15.9 Å². The second kappa shape index (κ2) is 7.65. The lowest BCUT2D eigenvalue weighted by molar-refractivity contribution is -0.124. The van der Waals surface area contributed by atoms with Crippen LogP contribution in [0, 0.1) is 0 Å². The maximum Gasteiger partial charge on any atom is 0.245 e. The van der Waals surface area contributed by atoms with Crippen molar-refractivity contribution in [2.24, 2.45) is 0 Å². The molecule has 7 nitrogen and oxygen atoms in total. The van der Waals surface area contributed by atoms with Gasteiger partial charge in [0, 0.05) is 18.1 Å². The van der Waals surface area contributed by atoms with Crippen molar-refractivity contribution in [3.63, 3.8) is 0 Å². The van der Waals surface area contributed by atoms with Crippen molar-refractivity contribution in [2.75, 3.05) is 17.9 Å². The van der Waals surface area contributed by atoms with Gasteiger partial charge < -0.3 is 5.32 Å². The summed E-state index contributed by atoms with van der Waals surface area (Å²) in [6.45, 7) is 3.77. The largest absolute Gasteiger partial charge is 0.352 e. The Morgan fingerprint density at radius 1 is 1.28 bits per heavy atom. The lowest BCUT2D eigenvalue weighted by Crippen LogP contribution is -2.49. The molecule has 1 aromatic rings. The number of rotatable bonds is 6. The van der Waals surface area contributed by atoms with E-state index in [2.05, 4.69) is 5.32 Å². The molecule has 2 atom stereocenters. The molecule has 1 saturated heterocycles. The van der Waals surface area contributed by atoms with Crippen LogP contribution < -0.4 is 5.32 Å². The summed E-state index contributed by atoms with van der Waals surface area (Å²) in [5, 5.41) is 2.79. The monoisotopic (exact) mass is 406 g/mol. The highest BCUT2D eigenvalue weighted by Gasteiger charge is 2.41. The van der Waals surface area contributed by atoms with Gasteiger partial charge in [0.25, 0.3) is 0 Å². The van der Waals surface area contributed by atoms with E-state index in [1.165, 1.54) is 36.0 Å². The zero-order valence-corrected chi connectivity index (χ0v) is 16.7. The van der Waals surface area contributed by atoms with Crippen molar-refractivity contribution in [2.45, 2.75) is 42.1 Å². The summed E-state index contributed by atoms with van der Waals surface area (Å²) in [6, 6.07) is 4.56. The first-order valence-electron chi connectivity index (χ1n) is 7.78. The average Bonchev–Trinajstić information content (AvgIpc) is 3.04. The molecule has 1 N–H and O–H groups in total. The van der Waals surface area contributed by atoms with Gasteiger partial charge in [-0.15, -0.1) is 11.8 Å². The quantitative estimate of drug-likeness (QED) is 0.758. The van der Waals surface area contributed by atoms with E-state index in [0.717, 1.165) is 17.0 Å². The van der Waals surface area contributed by atoms with Crippen LogP contribution in [0.3, 0.4) is 0 Å². The van der Waals surface area contributed by atoms with Gasteiger partial charge in [-0.05, 0) is 25.5 Å². The number of benzene rings is 1. The van der Waals surface area contributed by atoms with Gasteiger partial charge in [0.15, 0.2) is 9.84 Å². The molecule has 2 unspecified atom stereocenters. The molecular formula is C15H22N2O5S3. The minimum Gasteiger partial charge on any atom is -0.352 e. The lowest BCUT2D eigenvalue weighted by Gasteiger charge is -2.24. The number of amides is 1. The van der Waals surface area contributed by atoms with Crippen molar-refractivity contribution in [1.29, 1.82) is 0 Å². The molecule has 0 aliphatic carbocycles. The first-order chi connectivity index (χ1) is 11.6. The normalized spacial score (nSPS) is 20.4. The summed E-state index contributed by atoms with van der Waals surface area (Å²) in [6.07, 6.45) is 1.70. The third-order valence-electron chi connectivity index (χ3n) is 3.98. The van der Waals surface area contributed by atoms with E-state index in [9.17, 15) is 21.6 Å². The van der Waals surface area contributed by atoms with Crippen LogP contribution in [0.25, 0.3) is 0 Å². The highest BCUT2D eigenvalue weighted by atomic mass is 32.2. The van der Waals surface area contributed by atoms with Crippen LogP contribution in [0.15, 0.2) is 34.1 Å². The van der Waals surface area contributed by atoms with Gasteiger partial charge in [0.05, 0.1) is 10.8 Å². The van der Waals surface area contributed by atoms with Crippen LogP contribution in [0.2, 0.25) is 0 Å². The number of sulfone groups is 1. The summed E-state index contributed by atoms with van der Waals surface area (Å²) >= 11 is 1.32. The molecule has 1 aromatic carbocycles. The van der Waals surface area contributed by atoms with Crippen molar-refractivity contribution in [1.82, 2.24) is 9.62 Å². The van der Waals surface area contributed by atoms with Gasteiger partial charge in [-0.2, -0.15) is 4.31 Å². The zero-order valence-electron chi connectivity index (χ0n) is 14.3. The number of nitrogens with zero attached hydrogens (tertiary/aromatic N) is 1. The highest BCUT2D eigenvalue weighted by Crippen LogP contribution is 2.31. The van der Waals surface area contributed by atoms with E-state index >= 15 is 0 Å². The van der Waals surface area contributed by atoms with Gasteiger partial charge in [-0.25, -0.2) is 16.8 Å². The SMILES string of the molecule is CCC(C)NC(=O)C1CSCN1S(=O)(=O)c1ccccc1S(C)(=O)=O. The fourth-order valence-electron chi connectivity index (χ4n) is 2.41. The number of hydrogen-bond acceptors (Lipinski definition) is 6. The summed E-state index contributed by atoms with van der Waals surface area (Å²) in [5.74, 6) is 0.0847. The molecule has 0 radical (unpaired) electrons. The predicted molar refractivity (Wildman–Crippen MR) is 97.6 cm³/mol. The van der Waals surface area contributed by atoms with Crippen LogP contribution in [0.4, 0.5) is 0 Å². The Bertz CT molecular complexity index is 852. The topological polar surface area (TPSA) is 101 Å². The third-order valence-corrected chi connectivity index (χ3v) is 8.35. The van der Waals surface area contributed by atoms with E-state index in [4.69, 9.17) is 0 Å². The number of nitrogens with one attached hydrogen (secondary N) is 1. The molecule has 0 spiro atoms. The van der Waals surface area contributed by atoms with Crippen LogP contribution in [-0.2, 0) is 24.7 Å². The van der Waals surface area contributed by atoms with Gasteiger partial charge in [0.1, 0.15) is 10.9 Å². The molecule has 25 heavy (non-hydrogen) atoms. The minimum atomic E-state index is -4.12. The first-order valence-corrected chi connectivity index (χ1v) is 12.3. The van der Waals surface area contributed by atoms with Gasteiger partial charge >= 0.3 is 0 Å². The molecule has 1 fully saturated rings. The van der Waals surface area contributed by atoms with E-state index < -0.39 is 25.9 Å². The van der Waals surface area contributed by atoms with Crippen LogP contribution in [-0.4, -0.2) is 57.0 Å². The van der Waals surface area contributed by atoms with Gasteiger partial charge in [-0.3, -0.25) is 4.79 Å². The van der Waals surface area contributed by atoms with Crippen LogP contribution >= 0.6 is 11.8 Å². The summed E-state index contributed by atoms with van der Waals surface area (Å²) < 4.78 is 51.1. The molecule has 0 saturated carbocycles. The lowest BCUT2D eigenvalue weighted by atomic mass is 10.2. The van der Waals surface area contributed by atoms with E-state index in [0.29, 0.717) is 5.75 Å².